The van der Waals surface area contributed by atoms with E-state index in [9.17, 15) is 9.59 Å². The van der Waals surface area contributed by atoms with E-state index in [2.05, 4.69) is 11.8 Å². The van der Waals surface area contributed by atoms with Crippen molar-refractivity contribution in [3.05, 3.63) is 35.9 Å². The number of benzene rings is 1. The molecule has 0 N–H and O–H groups in total. The second-order valence-corrected chi connectivity index (χ2v) is 7.77. The van der Waals surface area contributed by atoms with Gasteiger partial charge in [0.25, 0.3) is 0 Å². The SMILES string of the molecule is CCC(C(=O)N1CCN(CC(=O)N2CCCCCC2)CC1)c1ccccc1. The second kappa shape index (κ2) is 9.88. The summed E-state index contributed by atoms with van der Waals surface area (Å²) in [5, 5.41) is 0. The zero-order valence-corrected chi connectivity index (χ0v) is 16.6. The van der Waals surface area contributed by atoms with Crippen LogP contribution < -0.4 is 0 Å². The molecule has 3 rings (SSSR count). The number of amides is 2. The summed E-state index contributed by atoms with van der Waals surface area (Å²) in [6.45, 7) is 7.40. The lowest BCUT2D eigenvalue weighted by molar-refractivity contribution is -0.136. The topological polar surface area (TPSA) is 43.9 Å². The third kappa shape index (κ3) is 5.32. The van der Waals surface area contributed by atoms with E-state index in [1.54, 1.807) is 0 Å². The van der Waals surface area contributed by atoms with Gasteiger partial charge in [-0.2, -0.15) is 0 Å². The Hall–Kier alpha value is -1.88. The highest BCUT2D eigenvalue weighted by Crippen LogP contribution is 2.22. The Bertz CT molecular complexity index is 603. The van der Waals surface area contributed by atoms with Crippen LogP contribution in [0.3, 0.4) is 0 Å². The molecule has 2 fully saturated rings. The number of likely N-dealkylation sites (tertiary alicyclic amines) is 1. The molecule has 0 bridgehead atoms. The molecule has 1 aromatic rings. The average molecular weight is 372 g/mol. The van der Waals surface area contributed by atoms with Crippen LogP contribution in [-0.4, -0.2) is 72.3 Å². The van der Waals surface area contributed by atoms with Crippen molar-refractivity contribution in [2.45, 2.75) is 44.9 Å². The largest absolute Gasteiger partial charge is 0.342 e. The van der Waals surface area contributed by atoms with Crippen LogP contribution in [0.25, 0.3) is 0 Å². The highest BCUT2D eigenvalue weighted by Gasteiger charge is 2.28. The third-order valence-electron chi connectivity index (χ3n) is 5.91. The fraction of sp³-hybridized carbons (Fsp3) is 0.636. The maximum atomic E-state index is 13.0. The van der Waals surface area contributed by atoms with Crippen LogP contribution in [0.2, 0.25) is 0 Å². The smallest absolute Gasteiger partial charge is 0.236 e. The van der Waals surface area contributed by atoms with Crippen LogP contribution >= 0.6 is 0 Å². The summed E-state index contributed by atoms with van der Waals surface area (Å²) in [6, 6.07) is 10.1. The maximum absolute atomic E-state index is 13.0. The van der Waals surface area contributed by atoms with Gasteiger partial charge < -0.3 is 9.80 Å². The van der Waals surface area contributed by atoms with Gasteiger partial charge in [-0.1, -0.05) is 50.1 Å². The zero-order chi connectivity index (χ0) is 19.1. The summed E-state index contributed by atoms with van der Waals surface area (Å²) in [7, 11) is 0. The molecular formula is C22H33N3O2. The standard InChI is InChI=1S/C22H33N3O2/c1-2-20(19-10-6-5-7-11-19)22(27)25-16-14-23(15-17-25)18-21(26)24-12-8-3-4-9-13-24/h5-7,10-11,20H,2-4,8-9,12-18H2,1H3. The molecule has 1 unspecified atom stereocenters. The van der Waals surface area contributed by atoms with Crippen LogP contribution in [0.5, 0.6) is 0 Å². The Balaban J connectivity index is 1.49. The number of piperazine rings is 1. The maximum Gasteiger partial charge on any atom is 0.236 e. The van der Waals surface area contributed by atoms with Gasteiger partial charge in [-0.05, 0) is 24.8 Å². The molecule has 5 heteroatoms. The van der Waals surface area contributed by atoms with Crippen molar-refractivity contribution >= 4 is 11.8 Å². The lowest BCUT2D eigenvalue weighted by Crippen LogP contribution is -2.52. The van der Waals surface area contributed by atoms with Gasteiger partial charge in [0.1, 0.15) is 0 Å². The number of rotatable bonds is 5. The van der Waals surface area contributed by atoms with E-state index < -0.39 is 0 Å². The molecule has 0 saturated carbocycles. The number of hydrogen-bond acceptors (Lipinski definition) is 3. The molecule has 0 aromatic heterocycles. The Morgan fingerprint density at radius 3 is 2.07 bits per heavy atom. The Labute approximate surface area is 163 Å². The summed E-state index contributed by atoms with van der Waals surface area (Å²) in [5.74, 6) is 0.422. The van der Waals surface area contributed by atoms with E-state index in [4.69, 9.17) is 0 Å². The van der Waals surface area contributed by atoms with E-state index in [1.165, 1.54) is 12.8 Å². The average Bonchev–Trinajstić information content (AvgIpc) is 2.99. The van der Waals surface area contributed by atoms with Crippen molar-refractivity contribution < 1.29 is 9.59 Å². The molecule has 2 saturated heterocycles. The minimum Gasteiger partial charge on any atom is -0.342 e. The molecule has 0 aliphatic carbocycles. The molecule has 1 aromatic carbocycles. The zero-order valence-electron chi connectivity index (χ0n) is 16.6. The van der Waals surface area contributed by atoms with Gasteiger partial charge >= 0.3 is 0 Å². The number of nitrogens with zero attached hydrogens (tertiary/aromatic N) is 3. The molecule has 0 radical (unpaired) electrons. The minimum atomic E-state index is -0.0588. The molecule has 0 spiro atoms. The van der Waals surface area contributed by atoms with Gasteiger partial charge in [0.15, 0.2) is 0 Å². The fourth-order valence-corrected chi connectivity index (χ4v) is 4.20. The summed E-state index contributed by atoms with van der Waals surface area (Å²) in [4.78, 5) is 31.8. The number of hydrogen-bond donors (Lipinski definition) is 0. The molecule has 2 aliphatic rings. The van der Waals surface area contributed by atoms with Gasteiger partial charge in [-0.25, -0.2) is 0 Å². The molecular weight excluding hydrogens is 338 g/mol. The molecule has 5 nitrogen and oxygen atoms in total. The second-order valence-electron chi connectivity index (χ2n) is 7.77. The van der Waals surface area contributed by atoms with E-state index in [0.29, 0.717) is 6.54 Å². The van der Waals surface area contributed by atoms with Crippen molar-refractivity contribution in [1.29, 1.82) is 0 Å². The molecule has 148 valence electrons. The quantitative estimate of drug-likeness (QED) is 0.799. The first-order chi connectivity index (χ1) is 13.2. The van der Waals surface area contributed by atoms with E-state index >= 15 is 0 Å². The van der Waals surface area contributed by atoms with Gasteiger partial charge in [-0.15, -0.1) is 0 Å². The molecule has 1 atom stereocenters. The predicted molar refractivity (Wildman–Crippen MR) is 108 cm³/mol. The lowest BCUT2D eigenvalue weighted by atomic mass is 9.95. The first-order valence-electron chi connectivity index (χ1n) is 10.5. The first kappa shape index (κ1) is 19.9. The number of carbonyl (C=O) groups is 2. The van der Waals surface area contributed by atoms with Gasteiger partial charge in [0, 0.05) is 39.3 Å². The van der Waals surface area contributed by atoms with Crippen molar-refractivity contribution in [1.82, 2.24) is 14.7 Å². The van der Waals surface area contributed by atoms with Gasteiger partial charge in [-0.3, -0.25) is 14.5 Å². The van der Waals surface area contributed by atoms with Crippen molar-refractivity contribution in [3.8, 4) is 0 Å². The number of carbonyl (C=O) groups excluding carboxylic acids is 2. The lowest BCUT2D eigenvalue weighted by Gasteiger charge is -2.37. The highest BCUT2D eigenvalue weighted by molar-refractivity contribution is 5.84. The highest BCUT2D eigenvalue weighted by atomic mass is 16.2. The van der Waals surface area contributed by atoms with Crippen molar-refractivity contribution in [2.75, 3.05) is 45.8 Å². The van der Waals surface area contributed by atoms with Crippen LogP contribution in [0.15, 0.2) is 30.3 Å². The Morgan fingerprint density at radius 2 is 1.48 bits per heavy atom. The van der Waals surface area contributed by atoms with Crippen LogP contribution in [0.1, 0.15) is 50.5 Å². The Kier molecular flexibility index (Phi) is 7.27. The van der Waals surface area contributed by atoms with Crippen LogP contribution in [0, 0.1) is 0 Å². The summed E-state index contributed by atoms with van der Waals surface area (Å²) in [5.41, 5.74) is 1.10. The van der Waals surface area contributed by atoms with Crippen molar-refractivity contribution in [2.24, 2.45) is 0 Å². The minimum absolute atomic E-state index is 0.0588. The molecule has 27 heavy (non-hydrogen) atoms. The Morgan fingerprint density at radius 1 is 0.852 bits per heavy atom. The molecule has 2 amide bonds. The first-order valence-corrected chi connectivity index (χ1v) is 10.5. The van der Waals surface area contributed by atoms with E-state index in [0.717, 1.165) is 64.1 Å². The van der Waals surface area contributed by atoms with Crippen molar-refractivity contribution in [3.63, 3.8) is 0 Å². The molecule has 2 aliphatic heterocycles. The van der Waals surface area contributed by atoms with E-state index in [1.807, 2.05) is 40.1 Å². The summed E-state index contributed by atoms with van der Waals surface area (Å²) in [6.07, 6.45) is 5.56. The summed E-state index contributed by atoms with van der Waals surface area (Å²) < 4.78 is 0. The molecule has 2 heterocycles. The van der Waals surface area contributed by atoms with Crippen LogP contribution in [-0.2, 0) is 9.59 Å². The van der Waals surface area contributed by atoms with Gasteiger partial charge in [0.2, 0.25) is 11.8 Å². The van der Waals surface area contributed by atoms with Gasteiger partial charge in [0.05, 0.1) is 12.5 Å². The normalized spacial score (nSPS) is 20.2. The fourth-order valence-electron chi connectivity index (χ4n) is 4.20. The van der Waals surface area contributed by atoms with E-state index in [-0.39, 0.29) is 17.7 Å². The summed E-state index contributed by atoms with van der Waals surface area (Å²) >= 11 is 0. The predicted octanol–water partition coefficient (Wildman–Crippen LogP) is 2.73. The third-order valence-corrected chi connectivity index (χ3v) is 5.91. The monoisotopic (exact) mass is 371 g/mol. The van der Waals surface area contributed by atoms with Crippen LogP contribution in [0.4, 0.5) is 0 Å².